The van der Waals surface area contributed by atoms with Gasteiger partial charge < -0.3 is 4.74 Å². The third kappa shape index (κ3) is 3.36. The van der Waals surface area contributed by atoms with Crippen molar-refractivity contribution in [1.29, 1.82) is 0 Å². The first-order chi connectivity index (χ1) is 6.76. The zero-order chi connectivity index (χ0) is 10.4. The summed E-state index contributed by atoms with van der Waals surface area (Å²) in [6.07, 6.45) is 8.11. The van der Waals surface area contributed by atoms with Crippen LogP contribution < -0.4 is 0 Å². The van der Waals surface area contributed by atoms with Crippen LogP contribution in [0.2, 0.25) is 0 Å². The van der Waals surface area contributed by atoms with Gasteiger partial charge in [0, 0.05) is 6.42 Å². The predicted molar refractivity (Wildman–Crippen MR) is 56.9 cm³/mol. The highest BCUT2D eigenvalue weighted by Gasteiger charge is 2.17. The van der Waals surface area contributed by atoms with Crippen LogP contribution in [-0.4, -0.2) is 12.4 Å². The largest absolute Gasteiger partial charge is 0.501 e. The molecule has 1 rings (SSSR count). The van der Waals surface area contributed by atoms with Gasteiger partial charge >= 0.3 is 0 Å². The minimum absolute atomic E-state index is 0.249. The summed E-state index contributed by atoms with van der Waals surface area (Å²) in [5, 5.41) is 0. The number of rotatable bonds is 4. The van der Waals surface area contributed by atoms with E-state index in [9.17, 15) is 4.79 Å². The second-order valence-corrected chi connectivity index (χ2v) is 3.63. The van der Waals surface area contributed by atoms with E-state index in [0.29, 0.717) is 18.9 Å². The predicted octanol–water partition coefficient (Wildman–Crippen LogP) is 2.85. The van der Waals surface area contributed by atoms with Crippen LogP contribution in [0.1, 0.15) is 33.1 Å². The van der Waals surface area contributed by atoms with E-state index < -0.39 is 0 Å². The van der Waals surface area contributed by atoms with Crippen molar-refractivity contribution in [3.63, 3.8) is 0 Å². The van der Waals surface area contributed by atoms with Gasteiger partial charge in [0.2, 0.25) is 0 Å². The molecule has 0 aliphatic heterocycles. The Kier molecular flexibility index (Phi) is 4.44. The number of carbonyl (C=O) groups is 1. The lowest BCUT2D eigenvalue weighted by atomic mass is 9.86. The van der Waals surface area contributed by atoms with Gasteiger partial charge in [-0.15, -0.1) is 0 Å². The van der Waals surface area contributed by atoms with Gasteiger partial charge in [0.25, 0.3) is 0 Å². The molecule has 0 spiro atoms. The van der Waals surface area contributed by atoms with E-state index in [0.717, 1.165) is 18.4 Å². The summed E-state index contributed by atoms with van der Waals surface area (Å²) in [6, 6.07) is 0. The van der Waals surface area contributed by atoms with Crippen molar-refractivity contribution < 1.29 is 9.53 Å². The molecule has 0 heterocycles. The van der Waals surface area contributed by atoms with Gasteiger partial charge in [0.1, 0.15) is 0 Å². The fourth-order valence-corrected chi connectivity index (χ4v) is 1.65. The summed E-state index contributed by atoms with van der Waals surface area (Å²) in [5.74, 6) is 0.771. The third-order valence-corrected chi connectivity index (χ3v) is 2.48. The van der Waals surface area contributed by atoms with Crippen LogP contribution in [0.25, 0.3) is 0 Å². The van der Waals surface area contributed by atoms with Gasteiger partial charge in [-0.3, -0.25) is 4.79 Å². The molecule has 2 nitrogen and oxygen atoms in total. The lowest BCUT2D eigenvalue weighted by Gasteiger charge is -2.18. The maximum absolute atomic E-state index is 11.3. The lowest BCUT2D eigenvalue weighted by molar-refractivity contribution is -0.115. The molecule has 1 atom stereocenters. The normalized spacial score (nSPS) is 22.6. The first kappa shape index (κ1) is 11.0. The summed E-state index contributed by atoms with van der Waals surface area (Å²) in [5.41, 5.74) is 1.10. The first-order valence-electron chi connectivity index (χ1n) is 5.27. The molecular weight excluding hydrogens is 176 g/mol. The van der Waals surface area contributed by atoms with Crippen molar-refractivity contribution in [2.45, 2.75) is 33.1 Å². The topological polar surface area (TPSA) is 26.3 Å². The molecule has 0 saturated heterocycles. The molecular formula is C12H18O2. The van der Waals surface area contributed by atoms with E-state index in [-0.39, 0.29) is 5.78 Å². The maximum atomic E-state index is 11.3. The lowest BCUT2D eigenvalue weighted by Crippen LogP contribution is -2.12. The van der Waals surface area contributed by atoms with Gasteiger partial charge in [-0.2, -0.15) is 0 Å². The maximum Gasteiger partial charge on any atom is 0.156 e. The van der Waals surface area contributed by atoms with Crippen LogP contribution >= 0.6 is 0 Å². The van der Waals surface area contributed by atoms with Crippen molar-refractivity contribution in [2.24, 2.45) is 5.92 Å². The van der Waals surface area contributed by atoms with Crippen molar-refractivity contribution in [1.82, 2.24) is 0 Å². The van der Waals surface area contributed by atoms with Gasteiger partial charge in [-0.05, 0) is 37.0 Å². The van der Waals surface area contributed by atoms with E-state index in [1.165, 1.54) is 0 Å². The van der Waals surface area contributed by atoms with Crippen molar-refractivity contribution in [3.8, 4) is 0 Å². The van der Waals surface area contributed by atoms with Crippen LogP contribution in [0.5, 0.6) is 0 Å². The molecule has 0 radical (unpaired) electrons. The van der Waals surface area contributed by atoms with E-state index in [1.807, 2.05) is 13.0 Å². The summed E-state index contributed by atoms with van der Waals surface area (Å²) < 4.78 is 5.11. The van der Waals surface area contributed by atoms with E-state index in [2.05, 4.69) is 6.92 Å². The molecule has 14 heavy (non-hydrogen) atoms. The summed E-state index contributed by atoms with van der Waals surface area (Å²) in [6.45, 7) is 4.75. The van der Waals surface area contributed by atoms with Crippen molar-refractivity contribution in [2.75, 3.05) is 6.61 Å². The molecule has 0 N–H and O–H groups in total. The van der Waals surface area contributed by atoms with Crippen molar-refractivity contribution >= 4 is 5.78 Å². The van der Waals surface area contributed by atoms with Gasteiger partial charge in [-0.1, -0.05) is 13.3 Å². The molecule has 0 aromatic rings. The van der Waals surface area contributed by atoms with Crippen LogP contribution in [0.3, 0.4) is 0 Å². The Morgan fingerprint density at radius 2 is 2.29 bits per heavy atom. The second-order valence-electron chi connectivity index (χ2n) is 3.63. The molecule has 78 valence electrons. The summed E-state index contributed by atoms with van der Waals surface area (Å²) in [7, 11) is 0. The van der Waals surface area contributed by atoms with Crippen LogP contribution in [0.15, 0.2) is 24.0 Å². The van der Waals surface area contributed by atoms with Crippen LogP contribution in [-0.2, 0) is 9.53 Å². The average Bonchev–Trinajstić information content (AvgIpc) is 2.17. The molecule has 1 aliphatic rings. The molecule has 0 fully saturated rings. The summed E-state index contributed by atoms with van der Waals surface area (Å²) in [4.78, 5) is 11.3. The molecule has 0 aromatic heterocycles. The van der Waals surface area contributed by atoms with Crippen LogP contribution in [0.4, 0.5) is 0 Å². The Hall–Kier alpha value is -1.05. The first-order valence-corrected chi connectivity index (χ1v) is 5.27. The number of hydrogen-bond acceptors (Lipinski definition) is 2. The minimum Gasteiger partial charge on any atom is -0.501 e. The van der Waals surface area contributed by atoms with Crippen molar-refractivity contribution in [3.05, 3.63) is 24.0 Å². The molecule has 2 heteroatoms. The Balaban J connectivity index is 2.55. The van der Waals surface area contributed by atoms with E-state index >= 15 is 0 Å². The quantitative estimate of drug-likeness (QED) is 0.643. The van der Waals surface area contributed by atoms with Crippen LogP contribution in [0, 0.1) is 5.92 Å². The highest BCUT2D eigenvalue weighted by Crippen LogP contribution is 2.25. The molecule has 0 saturated carbocycles. The molecule has 0 amide bonds. The summed E-state index contributed by atoms with van der Waals surface area (Å²) >= 11 is 0. The Labute approximate surface area is 85.6 Å². The standard InChI is InChI=1S/C12H18O2/c1-3-10-7-11(5-6-14-4-2)9-12(13)8-10/h5-6,9-10H,3-4,7-8H2,1-2H3/b6-5+. The average molecular weight is 194 g/mol. The minimum atomic E-state index is 0.249. The highest BCUT2D eigenvalue weighted by atomic mass is 16.5. The Morgan fingerprint density at radius 3 is 2.93 bits per heavy atom. The highest BCUT2D eigenvalue weighted by molar-refractivity contribution is 5.91. The van der Waals surface area contributed by atoms with Gasteiger partial charge in [0.15, 0.2) is 5.78 Å². The smallest absolute Gasteiger partial charge is 0.156 e. The Bertz CT molecular complexity index is 251. The van der Waals surface area contributed by atoms with Gasteiger partial charge in [-0.25, -0.2) is 0 Å². The van der Waals surface area contributed by atoms with E-state index in [4.69, 9.17) is 4.74 Å². The molecule has 0 aromatic carbocycles. The number of ether oxygens (including phenoxy) is 1. The Morgan fingerprint density at radius 1 is 1.50 bits per heavy atom. The molecule has 1 unspecified atom stereocenters. The van der Waals surface area contributed by atoms with E-state index in [1.54, 1.807) is 12.3 Å². The number of carbonyl (C=O) groups excluding carboxylic acids is 1. The molecule has 1 aliphatic carbocycles. The zero-order valence-electron chi connectivity index (χ0n) is 8.95. The fraction of sp³-hybridized carbons (Fsp3) is 0.583. The SMILES string of the molecule is CCO/C=C/C1=CC(=O)CC(CC)C1. The third-order valence-electron chi connectivity index (χ3n) is 2.48. The number of hydrogen-bond donors (Lipinski definition) is 0. The second kappa shape index (κ2) is 5.63. The zero-order valence-corrected chi connectivity index (χ0v) is 8.95. The fourth-order valence-electron chi connectivity index (χ4n) is 1.65. The number of ketones is 1. The number of allylic oxidation sites excluding steroid dienone is 3. The molecule has 0 bridgehead atoms. The monoisotopic (exact) mass is 194 g/mol. The van der Waals surface area contributed by atoms with Gasteiger partial charge in [0.05, 0.1) is 12.9 Å².